The molecule has 0 radical (unpaired) electrons. The molecule has 0 bridgehead atoms. The van der Waals surface area contributed by atoms with Gasteiger partial charge in [-0.25, -0.2) is 8.42 Å². The van der Waals surface area contributed by atoms with Crippen LogP contribution in [0.15, 0.2) is 17.0 Å². The lowest BCUT2D eigenvalue weighted by atomic mass is 10.1. The van der Waals surface area contributed by atoms with Crippen LogP contribution in [0.4, 0.5) is 0 Å². The van der Waals surface area contributed by atoms with Crippen molar-refractivity contribution in [1.29, 1.82) is 0 Å². The third-order valence-corrected chi connectivity index (χ3v) is 5.81. The Bertz CT molecular complexity index is 614. The first kappa shape index (κ1) is 16.1. The maximum Gasteiger partial charge on any atom is 0.243 e. The predicted octanol–water partition coefficient (Wildman–Crippen LogP) is 1.02. The van der Waals surface area contributed by atoms with E-state index in [1.165, 1.54) is 24.6 Å². The molecule has 1 aliphatic heterocycles. The maximum atomic E-state index is 12.7. The minimum atomic E-state index is -3.58. The zero-order chi connectivity index (χ0) is 15.6. The first-order chi connectivity index (χ1) is 9.93. The largest absolute Gasteiger partial charge is 0.493 e. The van der Waals surface area contributed by atoms with Crippen LogP contribution in [0.5, 0.6) is 11.5 Å². The van der Waals surface area contributed by atoms with Crippen molar-refractivity contribution in [1.82, 2.24) is 4.31 Å². The number of rotatable bonds is 5. The third kappa shape index (κ3) is 3.00. The number of hydrogen-bond acceptors (Lipinski definition) is 5. The molecule has 0 amide bonds. The summed E-state index contributed by atoms with van der Waals surface area (Å²) in [6.07, 6.45) is 0.683. The quantitative estimate of drug-likeness (QED) is 0.878. The summed E-state index contributed by atoms with van der Waals surface area (Å²) < 4.78 is 37.2. The fourth-order valence-electron chi connectivity index (χ4n) is 2.54. The Morgan fingerprint density at radius 3 is 2.43 bits per heavy atom. The van der Waals surface area contributed by atoms with Crippen molar-refractivity contribution in [2.45, 2.75) is 18.2 Å². The van der Waals surface area contributed by atoms with E-state index < -0.39 is 10.0 Å². The highest BCUT2D eigenvalue weighted by Gasteiger charge is 2.33. The van der Waals surface area contributed by atoms with Gasteiger partial charge in [0.2, 0.25) is 10.0 Å². The molecular formula is C14H21NO5S. The first-order valence-corrected chi connectivity index (χ1v) is 8.21. The number of hydrogen-bond donors (Lipinski definition) is 1. The van der Waals surface area contributed by atoms with Crippen LogP contribution < -0.4 is 9.47 Å². The van der Waals surface area contributed by atoms with E-state index in [1.54, 1.807) is 13.0 Å². The van der Waals surface area contributed by atoms with Gasteiger partial charge in [-0.1, -0.05) is 0 Å². The number of aryl methyl sites for hydroxylation is 1. The van der Waals surface area contributed by atoms with Gasteiger partial charge in [0, 0.05) is 25.8 Å². The van der Waals surface area contributed by atoms with Gasteiger partial charge in [0.05, 0.1) is 19.1 Å². The minimum absolute atomic E-state index is 0.0108. The lowest BCUT2D eigenvalue weighted by Crippen LogP contribution is -2.29. The summed E-state index contributed by atoms with van der Waals surface area (Å²) >= 11 is 0. The van der Waals surface area contributed by atoms with Gasteiger partial charge >= 0.3 is 0 Å². The smallest absolute Gasteiger partial charge is 0.243 e. The Balaban J connectivity index is 2.41. The van der Waals surface area contributed by atoms with Crippen LogP contribution in [0.2, 0.25) is 0 Å². The Morgan fingerprint density at radius 1 is 1.29 bits per heavy atom. The molecule has 0 aliphatic carbocycles. The van der Waals surface area contributed by atoms with E-state index in [-0.39, 0.29) is 17.4 Å². The monoisotopic (exact) mass is 315 g/mol. The van der Waals surface area contributed by atoms with Crippen LogP contribution >= 0.6 is 0 Å². The van der Waals surface area contributed by atoms with Gasteiger partial charge in [-0.3, -0.25) is 0 Å². The van der Waals surface area contributed by atoms with E-state index in [1.807, 2.05) is 0 Å². The highest BCUT2D eigenvalue weighted by molar-refractivity contribution is 7.89. The van der Waals surface area contributed by atoms with E-state index >= 15 is 0 Å². The summed E-state index contributed by atoms with van der Waals surface area (Å²) in [7, 11) is -0.598. The molecule has 21 heavy (non-hydrogen) atoms. The minimum Gasteiger partial charge on any atom is -0.493 e. The molecule has 1 aliphatic rings. The Labute approximate surface area is 125 Å². The second-order valence-electron chi connectivity index (χ2n) is 5.17. The molecule has 1 N–H and O–H groups in total. The summed E-state index contributed by atoms with van der Waals surface area (Å²) in [5.74, 6) is 0.906. The Kier molecular flexibility index (Phi) is 4.75. The van der Waals surface area contributed by atoms with Crippen LogP contribution in [0.1, 0.15) is 12.0 Å². The standard InChI is InChI=1S/C14H21NO5S/c1-10-6-12(19-2)13(20-3)7-14(10)21(17,18)15-5-4-11(8-15)9-16/h6-7,11,16H,4-5,8-9H2,1-3H3. The molecule has 1 aromatic carbocycles. The van der Waals surface area contributed by atoms with Crippen LogP contribution in [0.3, 0.4) is 0 Å². The third-order valence-electron chi connectivity index (χ3n) is 3.81. The zero-order valence-electron chi connectivity index (χ0n) is 12.5. The molecule has 0 aromatic heterocycles. The molecule has 6 nitrogen and oxygen atoms in total. The summed E-state index contributed by atoms with van der Waals surface area (Å²) in [4.78, 5) is 0.221. The average Bonchev–Trinajstić information content (AvgIpc) is 2.96. The number of ether oxygens (including phenoxy) is 2. The fourth-order valence-corrected chi connectivity index (χ4v) is 4.30. The van der Waals surface area contributed by atoms with Gasteiger partial charge in [-0.05, 0) is 30.9 Å². The molecule has 2 rings (SSSR count). The molecule has 0 saturated carbocycles. The van der Waals surface area contributed by atoms with E-state index in [9.17, 15) is 8.42 Å². The number of methoxy groups -OCH3 is 2. The van der Waals surface area contributed by atoms with Gasteiger partial charge < -0.3 is 14.6 Å². The topological polar surface area (TPSA) is 76.1 Å². The number of benzene rings is 1. The lowest BCUT2D eigenvalue weighted by molar-refractivity contribution is 0.233. The maximum absolute atomic E-state index is 12.7. The molecule has 1 unspecified atom stereocenters. The first-order valence-electron chi connectivity index (χ1n) is 6.77. The normalized spacial score (nSPS) is 19.7. The predicted molar refractivity (Wildman–Crippen MR) is 78.2 cm³/mol. The molecule has 1 fully saturated rings. The number of nitrogens with zero attached hydrogens (tertiary/aromatic N) is 1. The van der Waals surface area contributed by atoms with Crippen LogP contribution in [0, 0.1) is 12.8 Å². The zero-order valence-corrected chi connectivity index (χ0v) is 13.3. The van der Waals surface area contributed by atoms with Crippen molar-refractivity contribution in [3.8, 4) is 11.5 Å². The van der Waals surface area contributed by atoms with Gasteiger partial charge in [0.25, 0.3) is 0 Å². The fraction of sp³-hybridized carbons (Fsp3) is 0.571. The molecular weight excluding hydrogens is 294 g/mol. The Hall–Kier alpha value is -1.31. The van der Waals surface area contributed by atoms with Crippen molar-refractivity contribution >= 4 is 10.0 Å². The average molecular weight is 315 g/mol. The van der Waals surface area contributed by atoms with Crippen molar-refractivity contribution in [2.75, 3.05) is 33.9 Å². The van der Waals surface area contributed by atoms with Gasteiger partial charge in [0.15, 0.2) is 11.5 Å². The summed E-state index contributed by atoms with van der Waals surface area (Å²) in [6.45, 7) is 2.53. The molecule has 1 atom stereocenters. The summed E-state index contributed by atoms with van der Waals surface area (Å²) in [5.41, 5.74) is 0.611. The molecule has 1 aromatic rings. The molecule has 1 saturated heterocycles. The number of aliphatic hydroxyl groups is 1. The summed E-state index contributed by atoms with van der Waals surface area (Å²) in [5, 5.41) is 9.17. The van der Waals surface area contributed by atoms with E-state index in [4.69, 9.17) is 14.6 Å². The van der Waals surface area contributed by atoms with Crippen molar-refractivity contribution in [3.05, 3.63) is 17.7 Å². The van der Waals surface area contributed by atoms with E-state index in [0.717, 1.165) is 0 Å². The molecule has 118 valence electrons. The van der Waals surface area contributed by atoms with E-state index in [2.05, 4.69) is 0 Å². The SMILES string of the molecule is COc1cc(C)c(S(=O)(=O)N2CCC(CO)C2)cc1OC. The van der Waals surface area contributed by atoms with Crippen molar-refractivity contribution in [2.24, 2.45) is 5.92 Å². The second kappa shape index (κ2) is 6.21. The highest BCUT2D eigenvalue weighted by Crippen LogP contribution is 2.34. The van der Waals surface area contributed by atoms with Crippen LogP contribution in [-0.2, 0) is 10.0 Å². The number of sulfonamides is 1. The molecule has 0 spiro atoms. The Morgan fingerprint density at radius 2 is 1.90 bits per heavy atom. The molecule has 1 heterocycles. The van der Waals surface area contributed by atoms with Gasteiger partial charge in [-0.2, -0.15) is 4.31 Å². The van der Waals surface area contributed by atoms with E-state index in [0.29, 0.717) is 36.6 Å². The van der Waals surface area contributed by atoms with Gasteiger partial charge in [0.1, 0.15) is 0 Å². The van der Waals surface area contributed by atoms with Crippen LogP contribution in [-0.4, -0.2) is 51.7 Å². The lowest BCUT2D eigenvalue weighted by Gasteiger charge is -2.19. The number of aliphatic hydroxyl groups excluding tert-OH is 1. The van der Waals surface area contributed by atoms with Crippen molar-refractivity contribution < 1.29 is 23.0 Å². The highest BCUT2D eigenvalue weighted by atomic mass is 32.2. The molecule has 7 heteroatoms. The second-order valence-corrected chi connectivity index (χ2v) is 7.08. The van der Waals surface area contributed by atoms with Crippen molar-refractivity contribution in [3.63, 3.8) is 0 Å². The summed E-state index contributed by atoms with van der Waals surface area (Å²) in [6, 6.07) is 3.15. The van der Waals surface area contributed by atoms with Gasteiger partial charge in [-0.15, -0.1) is 0 Å². The van der Waals surface area contributed by atoms with Crippen LogP contribution in [0.25, 0.3) is 0 Å².